The first kappa shape index (κ1) is 19.0. The Labute approximate surface area is 147 Å². The number of rotatable bonds is 4. The van der Waals surface area contributed by atoms with E-state index in [9.17, 15) is 14.4 Å². The molecule has 0 aromatic carbocycles. The largest absolute Gasteiger partial charge is 0.468 e. The van der Waals surface area contributed by atoms with Crippen molar-refractivity contribution in [2.45, 2.75) is 58.1 Å². The minimum atomic E-state index is -1.51. The monoisotopic (exact) mass is 351 g/mol. The zero-order valence-corrected chi connectivity index (χ0v) is 15.1. The molecule has 0 aliphatic heterocycles. The Morgan fingerprint density at radius 1 is 1.32 bits per heavy atom. The summed E-state index contributed by atoms with van der Waals surface area (Å²) in [5, 5.41) is 2.66. The van der Waals surface area contributed by atoms with Crippen LogP contribution in [0.3, 0.4) is 0 Å². The quantitative estimate of drug-likeness (QED) is 0.661. The number of furan rings is 1. The average Bonchev–Trinajstić information content (AvgIpc) is 3.05. The number of nitrogens with one attached hydrogen (secondary N) is 1. The predicted molar refractivity (Wildman–Crippen MR) is 88.7 cm³/mol. The van der Waals surface area contributed by atoms with Crippen molar-refractivity contribution < 1.29 is 28.3 Å². The van der Waals surface area contributed by atoms with Gasteiger partial charge in [0.05, 0.1) is 13.4 Å². The van der Waals surface area contributed by atoms with Crippen molar-refractivity contribution in [1.82, 2.24) is 5.32 Å². The Morgan fingerprint density at radius 2 is 2.04 bits per heavy atom. The first-order chi connectivity index (χ1) is 11.7. The second-order valence-corrected chi connectivity index (χ2v) is 7.19. The van der Waals surface area contributed by atoms with E-state index in [0.717, 1.165) is 0 Å². The summed E-state index contributed by atoms with van der Waals surface area (Å²) < 4.78 is 15.6. The van der Waals surface area contributed by atoms with Crippen molar-refractivity contribution in [3.05, 3.63) is 24.2 Å². The van der Waals surface area contributed by atoms with Gasteiger partial charge in [-0.1, -0.05) is 6.42 Å². The highest BCUT2D eigenvalue weighted by Gasteiger charge is 2.56. The second-order valence-electron chi connectivity index (χ2n) is 7.19. The van der Waals surface area contributed by atoms with Gasteiger partial charge in [-0.25, -0.2) is 4.79 Å². The normalized spacial score (nSPS) is 22.2. The maximum atomic E-state index is 12.8. The van der Waals surface area contributed by atoms with Crippen LogP contribution in [0.25, 0.3) is 0 Å². The molecule has 25 heavy (non-hydrogen) atoms. The number of ketones is 1. The fourth-order valence-corrected chi connectivity index (χ4v) is 3.19. The van der Waals surface area contributed by atoms with Gasteiger partial charge in [0.2, 0.25) is 0 Å². The third-order valence-corrected chi connectivity index (χ3v) is 4.25. The third kappa shape index (κ3) is 4.03. The molecule has 0 spiro atoms. The van der Waals surface area contributed by atoms with Crippen molar-refractivity contribution in [2.24, 2.45) is 5.41 Å². The van der Waals surface area contributed by atoms with Crippen LogP contribution in [0.5, 0.6) is 0 Å². The van der Waals surface area contributed by atoms with Crippen molar-refractivity contribution in [3.63, 3.8) is 0 Å². The molecule has 1 heterocycles. The third-order valence-electron chi connectivity index (χ3n) is 4.25. The SMILES string of the molecule is COC(=O)C1(C(NC(=O)OC(C)(C)C)c2ccco2)CCCCC1=O. The van der Waals surface area contributed by atoms with Crippen molar-refractivity contribution >= 4 is 17.8 Å². The lowest BCUT2D eigenvalue weighted by atomic mass is 9.67. The molecule has 1 aliphatic carbocycles. The number of Topliss-reactive ketones (excluding diaryl/α,β-unsaturated/α-hetero) is 1. The summed E-state index contributed by atoms with van der Waals surface area (Å²) in [5.41, 5.74) is -2.23. The minimum absolute atomic E-state index is 0.252. The van der Waals surface area contributed by atoms with Gasteiger partial charge >= 0.3 is 12.1 Å². The Balaban J connectivity index is 2.43. The molecule has 7 nitrogen and oxygen atoms in total. The highest BCUT2D eigenvalue weighted by Crippen LogP contribution is 2.45. The molecule has 1 saturated carbocycles. The van der Waals surface area contributed by atoms with Crippen LogP contribution in [-0.2, 0) is 19.1 Å². The molecule has 1 aromatic heterocycles. The molecule has 0 bridgehead atoms. The molecule has 0 radical (unpaired) electrons. The molecule has 0 saturated heterocycles. The number of carbonyl (C=O) groups excluding carboxylic acids is 3. The standard InChI is InChI=1S/C18H25NO6/c1-17(2,3)25-16(22)19-14(12-8-7-11-24-12)18(15(21)23-4)10-6-5-9-13(18)20/h7-8,11,14H,5-6,9-10H2,1-4H3,(H,19,22). The highest BCUT2D eigenvalue weighted by molar-refractivity contribution is 6.05. The van der Waals surface area contributed by atoms with E-state index in [0.29, 0.717) is 18.6 Å². The number of alkyl carbamates (subject to hydrolysis) is 1. The number of hydrogen-bond acceptors (Lipinski definition) is 6. The molecule has 1 amide bonds. The van der Waals surface area contributed by atoms with E-state index in [4.69, 9.17) is 13.9 Å². The van der Waals surface area contributed by atoms with E-state index in [2.05, 4.69) is 5.32 Å². The number of hydrogen-bond donors (Lipinski definition) is 1. The zero-order valence-electron chi connectivity index (χ0n) is 15.1. The zero-order chi connectivity index (χ0) is 18.7. The molecule has 138 valence electrons. The van der Waals surface area contributed by atoms with E-state index < -0.39 is 29.1 Å². The van der Waals surface area contributed by atoms with Crippen LogP contribution in [0.1, 0.15) is 58.3 Å². The lowest BCUT2D eigenvalue weighted by Gasteiger charge is -2.38. The summed E-state index contributed by atoms with van der Waals surface area (Å²) in [6, 6.07) is 2.27. The number of methoxy groups -OCH3 is 1. The molecule has 2 rings (SSSR count). The topological polar surface area (TPSA) is 94.8 Å². The Kier molecular flexibility index (Phi) is 5.55. The molecule has 7 heteroatoms. The molecule has 2 atom stereocenters. The minimum Gasteiger partial charge on any atom is -0.468 e. The Bertz CT molecular complexity index is 620. The molecule has 1 aromatic rings. The summed E-state index contributed by atoms with van der Waals surface area (Å²) in [6.07, 6.45) is 2.61. The summed E-state index contributed by atoms with van der Waals surface area (Å²) >= 11 is 0. The van der Waals surface area contributed by atoms with Crippen LogP contribution in [0, 0.1) is 5.41 Å². The van der Waals surface area contributed by atoms with Gasteiger partial charge in [-0.15, -0.1) is 0 Å². The number of ether oxygens (including phenoxy) is 2. The van der Waals surface area contributed by atoms with Crippen molar-refractivity contribution in [3.8, 4) is 0 Å². The molecule has 1 fully saturated rings. The Hall–Kier alpha value is -2.31. The van der Waals surface area contributed by atoms with Gasteiger partial charge in [-0.05, 0) is 45.7 Å². The van der Waals surface area contributed by atoms with Gasteiger partial charge in [0.1, 0.15) is 17.4 Å². The van der Waals surface area contributed by atoms with Crippen LogP contribution in [-0.4, -0.2) is 30.6 Å². The van der Waals surface area contributed by atoms with Crippen LogP contribution < -0.4 is 5.32 Å². The lowest BCUT2D eigenvalue weighted by Crippen LogP contribution is -2.53. The average molecular weight is 351 g/mol. The molecular weight excluding hydrogens is 326 g/mol. The highest BCUT2D eigenvalue weighted by atomic mass is 16.6. The van der Waals surface area contributed by atoms with E-state index in [1.54, 1.807) is 32.9 Å². The fourth-order valence-electron chi connectivity index (χ4n) is 3.19. The van der Waals surface area contributed by atoms with Crippen LogP contribution in [0.15, 0.2) is 22.8 Å². The smallest absolute Gasteiger partial charge is 0.408 e. The fraction of sp³-hybridized carbons (Fsp3) is 0.611. The predicted octanol–water partition coefficient (Wildman–Crippen LogP) is 3.15. The van der Waals surface area contributed by atoms with Gasteiger partial charge in [0.25, 0.3) is 0 Å². The summed E-state index contributed by atoms with van der Waals surface area (Å²) in [7, 11) is 1.23. The number of amides is 1. The van der Waals surface area contributed by atoms with Crippen LogP contribution >= 0.6 is 0 Å². The Morgan fingerprint density at radius 3 is 2.56 bits per heavy atom. The van der Waals surface area contributed by atoms with E-state index in [1.165, 1.54) is 13.4 Å². The van der Waals surface area contributed by atoms with Gasteiger partial charge in [0.15, 0.2) is 11.2 Å². The summed E-state index contributed by atoms with van der Waals surface area (Å²) in [4.78, 5) is 37.7. The second kappa shape index (κ2) is 7.29. The maximum Gasteiger partial charge on any atom is 0.408 e. The van der Waals surface area contributed by atoms with Gasteiger partial charge < -0.3 is 19.2 Å². The molecule has 2 unspecified atom stereocenters. The van der Waals surface area contributed by atoms with E-state index in [1.807, 2.05) is 0 Å². The van der Waals surface area contributed by atoms with Crippen LogP contribution in [0.4, 0.5) is 4.79 Å². The maximum absolute atomic E-state index is 12.8. The van der Waals surface area contributed by atoms with Crippen molar-refractivity contribution in [1.29, 1.82) is 0 Å². The molecule has 1 N–H and O–H groups in total. The van der Waals surface area contributed by atoms with Crippen molar-refractivity contribution in [2.75, 3.05) is 7.11 Å². The lowest BCUT2D eigenvalue weighted by molar-refractivity contribution is -0.163. The molecular formula is C18H25NO6. The van der Waals surface area contributed by atoms with Gasteiger partial charge in [-0.3, -0.25) is 9.59 Å². The number of esters is 1. The van der Waals surface area contributed by atoms with Gasteiger partial charge in [-0.2, -0.15) is 0 Å². The van der Waals surface area contributed by atoms with Crippen LogP contribution in [0.2, 0.25) is 0 Å². The van der Waals surface area contributed by atoms with Gasteiger partial charge in [0, 0.05) is 6.42 Å². The summed E-state index contributed by atoms with van der Waals surface area (Å²) in [6.45, 7) is 5.20. The first-order valence-electron chi connectivity index (χ1n) is 8.35. The first-order valence-corrected chi connectivity index (χ1v) is 8.35. The summed E-state index contributed by atoms with van der Waals surface area (Å²) in [5.74, 6) is -0.621. The van der Waals surface area contributed by atoms with E-state index in [-0.39, 0.29) is 18.6 Å². The number of carbonyl (C=O) groups is 3. The van der Waals surface area contributed by atoms with E-state index >= 15 is 0 Å². The molecule has 1 aliphatic rings.